The molecule has 1 unspecified atom stereocenters. The van der Waals surface area contributed by atoms with E-state index in [1.807, 2.05) is 31.2 Å². The third kappa shape index (κ3) is 2.26. The van der Waals surface area contributed by atoms with Gasteiger partial charge in [0.25, 0.3) is 0 Å². The second-order valence-corrected chi connectivity index (χ2v) is 5.84. The molecule has 21 heavy (non-hydrogen) atoms. The van der Waals surface area contributed by atoms with E-state index >= 15 is 0 Å². The van der Waals surface area contributed by atoms with Crippen LogP contribution in [0.15, 0.2) is 24.3 Å². The molecule has 5 nitrogen and oxygen atoms in total. The van der Waals surface area contributed by atoms with Crippen molar-refractivity contribution in [3.05, 3.63) is 29.8 Å². The molecule has 0 aromatic heterocycles. The minimum atomic E-state index is -0.571. The molecule has 112 valence electrons. The van der Waals surface area contributed by atoms with Crippen LogP contribution in [-0.4, -0.2) is 36.5 Å². The normalized spacial score (nSPS) is 23.9. The monoisotopic (exact) mass is 287 g/mol. The summed E-state index contributed by atoms with van der Waals surface area (Å²) in [5, 5.41) is 5.87. The first-order valence-corrected chi connectivity index (χ1v) is 7.61. The Morgan fingerprint density at radius 3 is 3.05 bits per heavy atom. The van der Waals surface area contributed by atoms with Crippen LogP contribution in [0.1, 0.15) is 31.7 Å². The van der Waals surface area contributed by atoms with Crippen molar-refractivity contribution in [2.24, 2.45) is 0 Å². The SMILES string of the molecule is CCCNC(=O)N1CCCC2(C1)C(=O)Nc1ccccc12. The van der Waals surface area contributed by atoms with Crippen molar-refractivity contribution in [3.63, 3.8) is 0 Å². The van der Waals surface area contributed by atoms with Crippen LogP contribution in [0, 0.1) is 0 Å². The number of amides is 3. The molecule has 1 atom stereocenters. The van der Waals surface area contributed by atoms with Crippen molar-refractivity contribution in [1.29, 1.82) is 0 Å². The summed E-state index contributed by atoms with van der Waals surface area (Å²) in [6, 6.07) is 7.75. The molecule has 1 aromatic rings. The number of likely N-dealkylation sites (tertiary alicyclic amines) is 1. The number of benzene rings is 1. The zero-order valence-corrected chi connectivity index (χ0v) is 12.3. The number of nitrogens with one attached hydrogen (secondary N) is 2. The molecule has 1 saturated heterocycles. The number of para-hydroxylation sites is 1. The predicted molar refractivity (Wildman–Crippen MR) is 81.2 cm³/mol. The summed E-state index contributed by atoms with van der Waals surface area (Å²) in [6.45, 7) is 3.88. The Labute approximate surface area is 124 Å². The van der Waals surface area contributed by atoms with Gasteiger partial charge in [0.1, 0.15) is 0 Å². The van der Waals surface area contributed by atoms with Gasteiger partial charge in [-0.05, 0) is 30.9 Å². The van der Waals surface area contributed by atoms with Gasteiger partial charge in [0.15, 0.2) is 0 Å². The standard InChI is InChI=1S/C16H21N3O2/c1-2-9-17-15(21)19-10-5-8-16(11-19)12-6-3-4-7-13(12)18-14(16)20/h3-4,6-7H,2,5,8-11H2,1H3,(H,17,21)(H,18,20). The maximum Gasteiger partial charge on any atom is 0.317 e. The fraction of sp³-hybridized carbons (Fsp3) is 0.500. The van der Waals surface area contributed by atoms with Crippen molar-refractivity contribution in [1.82, 2.24) is 10.2 Å². The Bertz CT molecular complexity index is 572. The first-order valence-electron chi connectivity index (χ1n) is 7.61. The van der Waals surface area contributed by atoms with E-state index < -0.39 is 5.41 Å². The molecule has 2 aliphatic heterocycles. The molecule has 2 heterocycles. The fourth-order valence-corrected chi connectivity index (χ4v) is 3.35. The third-order valence-electron chi connectivity index (χ3n) is 4.43. The lowest BCUT2D eigenvalue weighted by molar-refractivity contribution is -0.122. The average molecular weight is 287 g/mol. The van der Waals surface area contributed by atoms with Gasteiger partial charge in [-0.15, -0.1) is 0 Å². The third-order valence-corrected chi connectivity index (χ3v) is 4.43. The van der Waals surface area contributed by atoms with E-state index in [9.17, 15) is 9.59 Å². The van der Waals surface area contributed by atoms with Crippen LogP contribution in [0.2, 0.25) is 0 Å². The van der Waals surface area contributed by atoms with Gasteiger partial charge in [0.2, 0.25) is 5.91 Å². The Balaban J connectivity index is 1.85. The predicted octanol–water partition coefficient (Wildman–Crippen LogP) is 2.09. The molecule has 0 bridgehead atoms. The number of carbonyl (C=O) groups excluding carboxylic acids is 2. The van der Waals surface area contributed by atoms with Crippen LogP contribution < -0.4 is 10.6 Å². The molecule has 2 aliphatic rings. The smallest absolute Gasteiger partial charge is 0.317 e. The van der Waals surface area contributed by atoms with Gasteiger partial charge in [-0.25, -0.2) is 4.79 Å². The van der Waals surface area contributed by atoms with Crippen molar-refractivity contribution in [3.8, 4) is 0 Å². The Morgan fingerprint density at radius 1 is 1.43 bits per heavy atom. The number of carbonyl (C=O) groups is 2. The second-order valence-electron chi connectivity index (χ2n) is 5.84. The van der Waals surface area contributed by atoms with Gasteiger partial charge in [-0.3, -0.25) is 4.79 Å². The molecular formula is C16H21N3O2. The molecule has 0 radical (unpaired) electrons. The molecule has 5 heteroatoms. The first-order chi connectivity index (χ1) is 10.2. The van der Waals surface area contributed by atoms with E-state index in [-0.39, 0.29) is 11.9 Å². The lowest BCUT2D eigenvalue weighted by atomic mass is 9.75. The molecule has 1 aromatic carbocycles. The summed E-state index contributed by atoms with van der Waals surface area (Å²) in [7, 11) is 0. The summed E-state index contributed by atoms with van der Waals surface area (Å²) in [4.78, 5) is 26.5. The van der Waals surface area contributed by atoms with Gasteiger partial charge in [-0.2, -0.15) is 0 Å². The number of hydrogen-bond donors (Lipinski definition) is 2. The molecule has 0 saturated carbocycles. The molecular weight excluding hydrogens is 266 g/mol. The summed E-state index contributed by atoms with van der Waals surface area (Å²) in [6.07, 6.45) is 2.56. The van der Waals surface area contributed by atoms with Crippen LogP contribution >= 0.6 is 0 Å². The van der Waals surface area contributed by atoms with Crippen molar-refractivity contribution in [2.75, 3.05) is 25.0 Å². The van der Waals surface area contributed by atoms with E-state index in [1.165, 1.54) is 0 Å². The molecule has 1 spiro atoms. The number of urea groups is 1. The molecule has 0 aliphatic carbocycles. The van der Waals surface area contributed by atoms with Crippen LogP contribution in [0.5, 0.6) is 0 Å². The minimum absolute atomic E-state index is 0.0247. The Hall–Kier alpha value is -2.04. The molecule has 1 fully saturated rings. The maximum atomic E-state index is 12.5. The van der Waals surface area contributed by atoms with Gasteiger partial charge in [0, 0.05) is 25.3 Å². The largest absolute Gasteiger partial charge is 0.338 e. The van der Waals surface area contributed by atoms with Crippen LogP contribution in [0.25, 0.3) is 0 Å². The quantitative estimate of drug-likeness (QED) is 0.875. The van der Waals surface area contributed by atoms with E-state index in [4.69, 9.17) is 0 Å². The highest BCUT2D eigenvalue weighted by molar-refractivity contribution is 6.06. The maximum absolute atomic E-state index is 12.5. The van der Waals surface area contributed by atoms with Crippen LogP contribution in [0.4, 0.5) is 10.5 Å². The first kappa shape index (κ1) is 13.9. The highest BCUT2D eigenvalue weighted by atomic mass is 16.2. The highest BCUT2D eigenvalue weighted by Crippen LogP contribution is 2.43. The van der Waals surface area contributed by atoms with Crippen molar-refractivity contribution in [2.45, 2.75) is 31.6 Å². The zero-order chi connectivity index (χ0) is 14.9. The Morgan fingerprint density at radius 2 is 2.24 bits per heavy atom. The summed E-state index contributed by atoms with van der Waals surface area (Å²) in [5.41, 5.74) is 1.35. The fourth-order valence-electron chi connectivity index (χ4n) is 3.35. The summed E-state index contributed by atoms with van der Waals surface area (Å²) >= 11 is 0. The summed E-state index contributed by atoms with van der Waals surface area (Å²) in [5.74, 6) is 0.0247. The van der Waals surface area contributed by atoms with Crippen LogP contribution in [0.3, 0.4) is 0 Å². The Kier molecular flexibility index (Phi) is 3.57. The number of rotatable bonds is 2. The molecule has 2 N–H and O–H groups in total. The lowest BCUT2D eigenvalue weighted by Crippen LogP contribution is -2.54. The second kappa shape index (κ2) is 5.39. The number of piperidine rings is 1. The van der Waals surface area contributed by atoms with Crippen LogP contribution in [-0.2, 0) is 10.2 Å². The molecule has 3 rings (SSSR count). The summed E-state index contributed by atoms with van der Waals surface area (Å²) < 4.78 is 0. The van der Waals surface area contributed by atoms with Crippen molar-refractivity contribution < 1.29 is 9.59 Å². The van der Waals surface area contributed by atoms with Crippen molar-refractivity contribution >= 4 is 17.6 Å². The number of anilines is 1. The molecule has 3 amide bonds. The number of hydrogen-bond acceptors (Lipinski definition) is 2. The van der Waals surface area contributed by atoms with E-state index in [0.717, 1.165) is 30.5 Å². The average Bonchev–Trinajstić information content (AvgIpc) is 2.77. The lowest BCUT2D eigenvalue weighted by Gasteiger charge is -2.39. The van der Waals surface area contributed by atoms with E-state index in [2.05, 4.69) is 10.6 Å². The van der Waals surface area contributed by atoms with Gasteiger partial charge in [0.05, 0.1) is 5.41 Å². The number of fused-ring (bicyclic) bond motifs is 2. The van der Waals surface area contributed by atoms with Gasteiger partial charge in [-0.1, -0.05) is 25.1 Å². The number of nitrogens with zero attached hydrogens (tertiary/aromatic N) is 1. The van der Waals surface area contributed by atoms with E-state index in [1.54, 1.807) is 4.90 Å². The zero-order valence-electron chi connectivity index (χ0n) is 12.3. The van der Waals surface area contributed by atoms with Gasteiger partial charge >= 0.3 is 6.03 Å². The minimum Gasteiger partial charge on any atom is -0.338 e. The topological polar surface area (TPSA) is 61.4 Å². The van der Waals surface area contributed by atoms with Gasteiger partial charge < -0.3 is 15.5 Å². The van der Waals surface area contributed by atoms with E-state index in [0.29, 0.717) is 19.6 Å². The highest BCUT2D eigenvalue weighted by Gasteiger charge is 2.49.